The van der Waals surface area contributed by atoms with Crippen molar-refractivity contribution in [3.63, 3.8) is 0 Å². The van der Waals surface area contributed by atoms with Gasteiger partial charge in [-0.15, -0.1) is 0 Å². The number of aliphatic hydroxyl groups is 1. The number of nitrogens with one attached hydrogen (secondary N) is 1. The summed E-state index contributed by atoms with van der Waals surface area (Å²) in [5.41, 5.74) is 2.01. The quantitative estimate of drug-likeness (QED) is 0.847. The fourth-order valence-electron chi connectivity index (χ4n) is 2.36. The van der Waals surface area contributed by atoms with E-state index in [9.17, 15) is 9.50 Å². The third kappa shape index (κ3) is 4.15. The van der Waals surface area contributed by atoms with Gasteiger partial charge in [-0.3, -0.25) is 0 Å². The van der Waals surface area contributed by atoms with Crippen molar-refractivity contribution in [1.82, 2.24) is 5.32 Å². The molecule has 106 valence electrons. The summed E-state index contributed by atoms with van der Waals surface area (Å²) in [6.07, 6.45) is 0.723. The highest BCUT2D eigenvalue weighted by molar-refractivity contribution is 5.20. The minimum absolute atomic E-state index is 0.0392. The summed E-state index contributed by atoms with van der Waals surface area (Å²) in [6.45, 7) is 2.08. The van der Waals surface area contributed by atoms with Gasteiger partial charge in [0.15, 0.2) is 0 Å². The summed E-state index contributed by atoms with van der Waals surface area (Å²) in [5.74, 6) is -0.212. The molecule has 0 aliphatic heterocycles. The molecule has 0 radical (unpaired) electrons. The van der Waals surface area contributed by atoms with Crippen molar-refractivity contribution >= 4 is 0 Å². The smallest absolute Gasteiger partial charge is 0.123 e. The Balaban J connectivity index is 1.97. The van der Waals surface area contributed by atoms with Crippen molar-refractivity contribution in [1.29, 1.82) is 0 Å². The summed E-state index contributed by atoms with van der Waals surface area (Å²) < 4.78 is 13.2. The van der Waals surface area contributed by atoms with Crippen molar-refractivity contribution in [2.75, 3.05) is 6.61 Å². The number of hydrogen-bond acceptors (Lipinski definition) is 2. The molecule has 0 aliphatic rings. The van der Waals surface area contributed by atoms with E-state index in [2.05, 4.69) is 5.32 Å². The molecule has 0 bridgehead atoms. The Kier molecular flexibility index (Phi) is 5.27. The molecule has 0 heterocycles. The van der Waals surface area contributed by atoms with Crippen LogP contribution in [0.2, 0.25) is 0 Å². The molecule has 3 heteroatoms. The maximum atomic E-state index is 13.2. The Morgan fingerprint density at radius 2 is 1.85 bits per heavy atom. The molecule has 2 aromatic carbocycles. The SMILES string of the molecule is CC(Cc1cccc(F)c1)NC(CO)c1ccccc1. The van der Waals surface area contributed by atoms with E-state index in [-0.39, 0.29) is 24.5 Å². The first-order chi connectivity index (χ1) is 9.69. The largest absolute Gasteiger partial charge is 0.394 e. The van der Waals surface area contributed by atoms with Crippen molar-refractivity contribution in [3.8, 4) is 0 Å². The third-order valence-electron chi connectivity index (χ3n) is 3.30. The summed E-state index contributed by atoms with van der Waals surface area (Å²) in [7, 11) is 0. The van der Waals surface area contributed by atoms with E-state index in [4.69, 9.17) is 0 Å². The van der Waals surface area contributed by atoms with Crippen LogP contribution in [-0.4, -0.2) is 17.8 Å². The predicted molar refractivity (Wildman–Crippen MR) is 79.0 cm³/mol. The number of benzene rings is 2. The van der Waals surface area contributed by atoms with E-state index in [0.717, 1.165) is 17.5 Å². The first-order valence-corrected chi connectivity index (χ1v) is 6.85. The van der Waals surface area contributed by atoms with Crippen LogP contribution >= 0.6 is 0 Å². The van der Waals surface area contributed by atoms with Gasteiger partial charge in [0.25, 0.3) is 0 Å². The van der Waals surface area contributed by atoms with Crippen LogP contribution in [0, 0.1) is 5.82 Å². The minimum atomic E-state index is -0.212. The molecular formula is C17H20FNO. The summed E-state index contributed by atoms with van der Waals surface area (Å²) in [4.78, 5) is 0. The van der Waals surface area contributed by atoms with E-state index in [1.807, 2.05) is 43.3 Å². The lowest BCUT2D eigenvalue weighted by Gasteiger charge is -2.22. The molecule has 2 N–H and O–H groups in total. The van der Waals surface area contributed by atoms with Gasteiger partial charge in [-0.1, -0.05) is 42.5 Å². The average Bonchev–Trinajstić information content (AvgIpc) is 2.45. The van der Waals surface area contributed by atoms with E-state index >= 15 is 0 Å². The Morgan fingerprint density at radius 1 is 1.10 bits per heavy atom. The maximum absolute atomic E-state index is 13.2. The molecule has 0 aliphatic carbocycles. The maximum Gasteiger partial charge on any atom is 0.123 e. The minimum Gasteiger partial charge on any atom is -0.394 e. The van der Waals surface area contributed by atoms with Crippen LogP contribution in [0.1, 0.15) is 24.1 Å². The van der Waals surface area contributed by atoms with Crippen molar-refractivity contribution in [2.24, 2.45) is 0 Å². The van der Waals surface area contributed by atoms with Gasteiger partial charge in [0, 0.05) is 6.04 Å². The van der Waals surface area contributed by atoms with Gasteiger partial charge < -0.3 is 10.4 Å². The molecule has 0 fully saturated rings. The number of rotatable bonds is 6. The van der Waals surface area contributed by atoms with Gasteiger partial charge in [0.05, 0.1) is 12.6 Å². The van der Waals surface area contributed by atoms with Crippen LogP contribution in [0.5, 0.6) is 0 Å². The highest BCUT2D eigenvalue weighted by Gasteiger charge is 2.13. The molecule has 2 rings (SSSR count). The van der Waals surface area contributed by atoms with Crippen LogP contribution in [0.4, 0.5) is 4.39 Å². The molecular weight excluding hydrogens is 253 g/mol. The van der Waals surface area contributed by atoms with Gasteiger partial charge in [-0.05, 0) is 36.6 Å². The molecule has 2 nitrogen and oxygen atoms in total. The summed E-state index contributed by atoms with van der Waals surface area (Å²) >= 11 is 0. The van der Waals surface area contributed by atoms with Crippen molar-refractivity contribution in [3.05, 3.63) is 71.5 Å². The molecule has 0 saturated carbocycles. The molecule has 2 aromatic rings. The molecule has 20 heavy (non-hydrogen) atoms. The Labute approximate surface area is 119 Å². The van der Waals surface area contributed by atoms with Gasteiger partial charge in [0.1, 0.15) is 5.82 Å². The molecule has 0 spiro atoms. The van der Waals surface area contributed by atoms with Crippen molar-refractivity contribution < 1.29 is 9.50 Å². The predicted octanol–water partition coefficient (Wildman–Crippen LogP) is 3.08. The monoisotopic (exact) mass is 273 g/mol. The molecule has 0 aromatic heterocycles. The Hall–Kier alpha value is -1.71. The van der Waals surface area contributed by atoms with Crippen molar-refractivity contribution in [2.45, 2.75) is 25.4 Å². The zero-order valence-corrected chi connectivity index (χ0v) is 11.6. The van der Waals surface area contributed by atoms with Crippen LogP contribution in [0.3, 0.4) is 0 Å². The van der Waals surface area contributed by atoms with E-state index in [1.165, 1.54) is 6.07 Å². The number of hydrogen-bond donors (Lipinski definition) is 2. The lowest BCUT2D eigenvalue weighted by atomic mass is 10.0. The fourth-order valence-corrected chi connectivity index (χ4v) is 2.36. The molecule has 0 saturated heterocycles. The Morgan fingerprint density at radius 3 is 2.50 bits per heavy atom. The molecule has 2 atom stereocenters. The standard InChI is InChI=1S/C17H20FNO/c1-13(10-14-6-5-9-16(18)11-14)19-17(12-20)15-7-3-2-4-8-15/h2-9,11,13,17,19-20H,10,12H2,1H3. The summed E-state index contributed by atoms with van der Waals surface area (Å²) in [6, 6.07) is 16.5. The highest BCUT2D eigenvalue weighted by Crippen LogP contribution is 2.14. The van der Waals surface area contributed by atoms with Crippen LogP contribution in [-0.2, 0) is 6.42 Å². The lowest BCUT2D eigenvalue weighted by Crippen LogP contribution is -2.34. The first kappa shape index (κ1) is 14.7. The Bertz CT molecular complexity index is 530. The van der Waals surface area contributed by atoms with Gasteiger partial charge >= 0.3 is 0 Å². The first-order valence-electron chi connectivity index (χ1n) is 6.85. The lowest BCUT2D eigenvalue weighted by molar-refractivity contribution is 0.234. The number of halogens is 1. The summed E-state index contributed by atoms with van der Waals surface area (Å²) in [5, 5.41) is 12.9. The number of aliphatic hydroxyl groups excluding tert-OH is 1. The van der Waals surface area contributed by atoms with Gasteiger partial charge in [-0.25, -0.2) is 4.39 Å². The third-order valence-corrected chi connectivity index (χ3v) is 3.30. The molecule has 2 unspecified atom stereocenters. The van der Waals surface area contributed by atoms with E-state index in [0.29, 0.717) is 0 Å². The normalized spacial score (nSPS) is 13.9. The zero-order valence-electron chi connectivity index (χ0n) is 11.6. The van der Waals surface area contributed by atoms with Gasteiger partial charge in [-0.2, -0.15) is 0 Å². The zero-order chi connectivity index (χ0) is 14.4. The van der Waals surface area contributed by atoms with Crippen LogP contribution in [0.25, 0.3) is 0 Å². The van der Waals surface area contributed by atoms with Gasteiger partial charge in [0.2, 0.25) is 0 Å². The second-order valence-corrected chi connectivity index (χ2v) is 5.05. The van der Waals surface area contributed by atoms with E-state index < -0.39 is 0 Å². The molecule has 0 amide bonds. The second-order valence-electron chi connectivity index (χ2n) is 5.05. The van der Waals surface area contributed by atoms with E-state index in [1.54, 1.807) is 12.1 Å². The van der Waals surface area contributed by atoms with Crippen LogP contribution in [0.15, 0.2) is 54.6 Å². The highest BCUT2D eigenvalue weighted by atomic mass is 19.1. The second kappa shape index (κ2) is 7.17. The fraction of sp³-hybridized carbons (Fsp3) is 0.294. The van der Waals surface area contributed by atoms with Crippen LogP contribution < -0.4 is 5.32 Å². The topological polar surface area (TPSA) is 32.3 Å². The average molecular weight is 273 g/mol.